The molecule has 1 aromatic rings. The van der Waals surface area contributed by atoms with Crippen LogP contribution in [0.4, 0.5) is 0 Å². The molecule has 1 aliphatic carbocycles. The van der Waals surface area contributed by atoms with Crippen LogP contribution >= 0.6 is 0 Å². The number of nitrogens with two attached hydrogens (primary N) is 1. The van der Waals surface area contributed by atoms with Gasteiger partial charge in [0.25, 0.3) is 0 Å². The van der Waals surface area contributed by atoms with E-state index in [1.165, 1.54) is 37.7 Å². The van der Waals surface area contributed by atoms with Crippen molar-refractivity contribution < 1.29 is 0 Å². The van der Waals surface area contributed by atoms with E-state index in [0.29, 0.717) is 11.8 Å². The summed E-state index contributed by atoms with van der Waals surface area (Å²) < 4.78 is 2.03. The summed E-state index contributed by atoms with van der Waals surface area (Å²) in [7, 11) is 0. The van der Waals surface area contributed by atoms with Crippen molar-refractivity contribution in [2.45, 2.75) is 58.4 Å². The van der Waals surface area contributed by atoms with Crippen LogP contribution in [0.1, 0.15) is 57.4 Å². The molecule has 0 spiro atoms. The van der Waals surface area contributed by atoms with Gasteiger partial charge in [-0.2, -0.15) is 5.10 Å². The zero-order chi connectivity index (χ0) is 13.0. The van der Waals surface area contributed by atoms with Crippen LogP contribution in [0.3, 0.4) is 0 Å². The minimum Gasteiger partial charge on any atom is -0.330 e. The van der Waals surface area contributed by atoms with Crippen molar-refractivity contribution in [1.82, 2.24) is 9.78 Å². The molecule has 0 aromatic carbocycles. The Bertz CT molecular complexity index is 358. The summed E-state index contributed by atoms with van der Waals surface area (Å²) >= 11 is 0. The van der Waals surface area contributed by atoms with Crippen molar-refractivity contribution in [3.8, 4) is 0 Å². The first kappa shape index (κ1) is 13.6. The van der Waals surface area contributed by atoms with E-state index < -0.39 is 0 Å². The van der Waals surface area contributed by atoms with Crippen molar-refractivity contribution in [2.24, 2.45) is 17.6 Å². The van der Waals surface area contributed by atoms with Crippen LogP contribution in [0.15, 0.2) is 12.4 Å². The van der Waals surface area contributed by atoms with Crippen LogP contribution in [0, 0.1) is 11.8 Å². The Balaban J connectivity index is 2.10. The van der Waals surface area contributed by atoms with Crippen LogP contribution < -0.4 is 5.73 Å². The number of hydrogen-bond donors (Lipinski definition) is 1. The Morgan fingerprint density at radius 3 is 2.83 bits per heavy atom. The molecular weight excluding hydrogens is 222 g/mol. The number of hydrogen-bond acceptors (Lipinski definition) is 2. The normalized spacial score (nSPS) is 28.5. The van der Waals surface area contributed by atoms with Crippen LogP contribution in [0.25, 0.3) is 0 Å². The van der Waals surface area contributed by atoms with Gasteiger partial charge in [-0.15, -0.1) is 0 Å². The third-order valence-electron chi connectivity index (χ3n) is 4.51. The quantitative estimate of drug-likeness (QED) is 0.871. The standard InChI is InChI=1S/C15H27N3/c1-3-5-12-6-7-13(9-16)15(8-12)14-10-17-18(4-2)11-14/h10-13,15H,3-9,16H2,1-2H3. The summed E-state index contributed by atoms with van der Waals surface area (Å²) in [6.45, 7) is 6.20. The van der Waals surface area contributed by atoms with Gasteiger partial charge in [0.2, 0.25) is 0 Å². The third kappa shape index (κ3) is 2.94. The zero-order valence-electron chi connectivity index (χ0n) is 11.8. The SMILES string of the molecule is CCCC1CCC(CN)C(c2cnn(CC)c2)C1. The molecule has 3 atom stereocenters. The molecular formula is C15H27N3. The number of aromatic nitrogens is 2. The van der Waals surface area contributed by atoms with E-state index in [0.717, 1.165) is 19.0 Å². The van der Waals surface area contributed by atoms with Gasteiger partial charge in [0, 0.05) is 12.7 Å². The van der Waals surface area contributed by atoms with E-state index in [9.17, 15) is 0 Å². The van der Waals surface area contributed by atoms with Gasteiger partial charge >= 0.3 is 0 Å². The van der Waals surface area contributed by atoms with E-state index in [4.69, 9.17) is 5.73 Å². The lowest BCUT2D eigenvalue weighted by molar-refractivity contribution is 0.230. The topological polar surface area (TPSA) is 43.8 Å². The summed E-state index contributed by atoms with van der Waals surface area (Å²) in [6, 6.07) is 0. The lowest BCUT2D eigenvalue weighted by Gasteiger charge is -2.35. The average Bonchev–Trinajstić information content (AvgIpc) is 2.87. The summed E-state index contributed by atoms with van der Waals surface area (Å²) in [5, 5.41) is 4.43. The maximum absolute atomic E-state index is 5.96. The molecule has 2 N–H and O–H groups in total. The smallest absolute Gasteiger partial charge is 0.0524 e. The maximum Gasteiger partial charge on any atom is 0.0524 e. The number of aryl methyl sites for hydroxylation is 1. The zero-order valence-corrected chi connectivity index (χ0v) is 11.8. The second-order valence-corrected chi connectivity index (χ2v) is 5.70. The molecule has 0 bridgehead atoms. The van der Waals surface area contributed by atoms with Gasteiger partial charge in [-0.1, -0.05) is 26.2 Å². The van der Waals surface area contributed by atoms with E-state index in [1.54, 1.807) is 0 Å². The van der Waals surface area contributed by atoms with Crippen LogP contribution in [-0.2, 0) is 6.54 Å². The summed E-state index contributed by atoms with van der Waals surface area (Å²) in [6.07, 6.45) is 10.9. The summed E-state index contributed by atoms with van der Waals surface area (Å²) in [5.74, 6) is 2.20. The molecule has 0 aliphatic heterocycles. The molecule has 1 aliphatic rings. The van der Waals surface area contributed by atoms with E-state index in [2.05, 4.69) is 31.3 Å². The molecule has 2 rings (SSSR count). The molecule has 1 saturated carbocycles. The van der Waals surface area contributed by atoms with Gasteiger partial charge in [0.05, 0.1) is 6.20 Å². The fourth-order valence-corrected chi connectivity index (χ4v) is 3.43. The second kappa shape index (κ2) is 6.37. The number of nitrogens with zero attached hydrogens (tertiary/aromatic N) is 2. The molecule has 3 heteroatoms. The lowest BCUT2D eigenvalue weighted by atomic mass is 9.70. The first-order chi connectivity index (χ1) is 8.78. The fraction of sp³-hybridized carbons (Fsp3) is 0.800. The lowest BCUT2D eigenvalue weighted by Crippen LogP contribution is -2.28. The highest BCUT2D eigenvalue weighted by molar-refractivity contribution is 5.14. The van der Waals surface area contributed by atoms with Crippen molar-refractivity contribution in [2.75, 3.05) is 6.54 Å². The van der Waals surface area contributed by atoms with Crippen LogP contribution in [0.5, 0.6) is 0 Å². The molecule has 0 radical (unpaired) electrons. The molecule has 18 heavy (non-hydrogen) atoms. The van der Waals surface area contributed by atoms with Gasteiger partial charge in [-0.05, 0) is 49.6 Å². The van der Waals surface area contributed by atoms with Gasteiger partial charge in [-0.25, -0.2) is 0 Å². The Morgan fingerprint density at radius 1 is 1.39 bits per heavy atom. The summed E-state index contributed by atoms with van der Waals surface area (Å²) in [4.78, 5) is 0. The second-order valence-electron chi connectivity index (χ2n) is 5.70. The molecule has 102 valence electrons. The Kier molecular flexibility index (Phi) is 4.81. The molecule has 1 heterocycles. The molecule has 3 nitrogen and oxygen atoms in total. The molecule has 3 unspecified atom stereocenters. The van der Waals surface area contributed by atoms with E-state index in [-0.39, 0.29) is 0 Å². The fourth-order valence-electron chi connectivity index (χ4n) is 3.43. The van der Waals surface area contributed by atoms with Crippen molar-refractivity contribution >= 4 is 0 Å². The predicted octanol–water partition coefficient (Wildman–Crippen LogP) is 3.16. The highest BCUT2D eigenvalue weighted by atomic mass is 15.3. The van der Waals surface area contributed by atoms with E-state index >= 15 is 0 Å². The molecule has 1 aromatic heterocycles. The van der Waals surface area contributed by atoms with Crippen molar-refractivity contribution in [1.29, 1.82) is 0 Å². The highest BCUT2D eigenvalue weighted by Crippen LogP contribution is 2.41. The first-order valence-corrected chi connectivity index (χ1v) is 7.50. The van der Waals surface area contributed by atoms with Crippen LogP contribution in [-0.4, -0.2) is 16.3 Å². The predicted molar refractivity (Wildman–Crippen MR) is 75.4 cm³/mol. The van der Waals surface area contributed by atoms with Gasteiger partial charge in [0.1, 0.15) is 0 Å². The van der Waals surface area contributed by atoms with Gasteiger partial charge in [-0.3, -0.25) is 4.68 Å². The van der Waals surface area contributed by atoms with E-state index in [1.807, 2.05) is 4.68 Å². The Labute approximate surface area is 111 Å². The molecule has 0 saturated heterocycles. The van der Waals surface area contributed by atoms with Crippen molar-refractivity contribution in [3.05, 3.63) is 18.0 Å². The van der Waals surface area contributed by atoms with Gasteiger partial charge < -0.3 is 5.73 Å². The minimum absolute atomic E-state index is 0.639. The van der Waals surface area contributed by atoms with Crippen LogP contribution in [0.2, 0.25) is 0 Å². The highest BCUT2D eigenvalue weighted by Gasteiger charge is 2.31. The minimum atomic E-state index is 0.639. The largest absolute Gasteiger partial charge is 0.330 e. The van der Waals surface area contributed by atoms with Gasteiger partial charge in [0.15, 0.2) is 0 Å². The summed E-state index contributed by atoms with van der Waals surface area (Å²) in [5.41, 5.74) is 7.37. The monoisotopic (exact) mass is 249 g/mol. The molecule has 0 amide bonds. The average molecular weight is 249 g/mol. The Hall–Kier alpha value is -0.830. The number of rotatable bonds is 5. The Morgan fingerprint density at radius 2 is 2.22 bits per heavy atom. The maximum atomic E-state index is 5.96. The third-order valence-corrected chi connectivity index (χ3v) is 4.51. The van der Waals surface area contributed by atoms with Crippen molar-refractivity contribution in [3.63, 3.8) is 0 Å². The first-order valence-electron chi connectivity index (χ1n) is 7.50. The molecule has 1 fully saturated rings.